The lowest BCUT2D eigenvalue weighted by Crippen LogP contribution is -2.18. The summed E-state index contributed by atoms with van der Waals surface area (Å²) < 4.78 is 20.0. The number of benzene rings is 1. The Morgan fingerprint density at radius 2 is 1.90 bits per heavy atom. The van der Waals surface area contributed by atoms with Crippen LogP contribution in [0.5, 0.6) is 0 Å². The molecule has 1 N–H and O–H groups in total. The van der Waals surface area contributed by atoms with Crippen molar-refractivity contribution in [3.05, 3.63) is 68.9 Å². The van der Waals surface area contributed by atoms with Crippen molar-refractivity contribution in [2.24, 2.45) is 0 Å². The zero-order valence-electron chi connectivity index (χ0n) is 16.1. The number of hydrogen-bond donors (Lipinski definition) is 1. The molecule has 0 radical (unpaired) electrons. The molecule has 1 aromatic carbocycles. The van der Waals surface area contributed by atoms with Gasteiger partial charge in [0.25, 0.3) is 0 Å². The third-order valence-corrected chi connectivity index (χ3v) is 6.53. The number of ether oxygens (including phenoxy) is 1. The van der Waals surface area contributed by atoms with Crippen molar-refractivity contribution in [2.45, 2.75) is 6.92 Å². The lowest BCUT2D eigenvalue weighted by Gasteiger charge is -2.11. The van der Waals surface area contributed by atoms with E-state index in [2.05, 4.69) is 9.97 Å². The molecule has 4 aromatic heterocycles. The van der Waals surface area contributed by atoms with Crippen LogP contribution < -0.4 is 5.43 Å². The highest BCUT2D eigenvalue weighted by atomic mass is 32.1. The first-order valence-corrected chi connectivity index (χ1v) is 11.1. The molecule has 0 fully saturated rings. The Kier molecular flexibility index (Phi) is 4.84. The minimum absolute atomic E-state index is 0.0162. The lowest BCUT2D eigenvalue weighted by atomic mass is 10.1. The molecule has 0 bridgehead atoms. The van der Waals surface area contributed by atoms with Crippen LogP contribution in [0.1, 0.15) is 17.3 Å². The maximum atomic E-state index is 15.1. The van der Waals surface area contributed by atoms with Crippen molar-refractivity contribution >= 4 is 50.6 Å². The number of halogens is 1. The van der Waals surface area contributed by atoms with Gasteiger partial charge < -0.3 is 9.72 Å². The Morgan fingerprint density at radius 3 is 2.58 bits per heavy atom. The van der Waals surface area contributed by atoms with Crippen molar-refractivity contribution < 1.29 is 13.9 Å². The zero-order chi connectivity index (χ0) is 21.5. The maximum Gasteiger partial charge on any atom is 0.343 e. The van der Waals surface area contributed by atoms with Gasteiger partial charge in [-0.05, 0) is 35.9 Å². The Labute approximate surface area is 183 Å². The van der Waals surface area contributed by atoms with Gasteiger partial charge in [0.1, 0.15) is 33.6 Å². The first-order chi connectivity index (χ1) is 15.1. The SMILES string of the molecule is CCOC(=O)c1cnc2c(cc(F)c3[nH]c(-c4cccs4)c(-c4cccs4)nc32)c1=O. The minimum atomic E-state index is -0.783. The van der Waals surface area contributed by atoms with E-state index >= 15 is 4.39 Å². The second-order valence-electron chi connectivity index (χ2n) is 6.61. The number of aromatic nitrogens is 3. The molecule has 0 spiro atoms. The molecule has 5 aromatic rings. The highest BCUT2D eigenvalue weighted by Crippen LogP contribution is 2.37. The first-order valence-electron chi connectivity index (χ1n) is 9.38. The summed E-state index contributed by atoms with van der Waals surface area (Å²) in [5.74, 6) is -1.43. The standard InChI is InChI=1S/C22H14FN3O3S2/c1-2-29-22(28)12-10-24-16-11(21(12)27)9-13(23)17-20(16)26-19(15-6-4-8-31-15)18(25-17)14-5-3-7-30-14/h3-10,25H,2H2,1H3. The predicted octanol–water partition coefficient (Wildman–Crippen LogP) is 5.24. The molecule has 0 amide bonds. The average molecular weight is 452 g/mol. The average Bonchev–Trinajstić information content (AvgIpc) is 3.48. The van der Waals surface area contributed by atoms with Gasteiger partial charge in [-0.15, -0.1) is 22.7 Å². The molecule has 0 aliphatic heterocycles. The van der Waals surface area contributed by atoms with Crippen LogP contribution in [0.2, 0.25) is 0 Å². The summed E-state index contributed by atoms with van der Waals surface area (Å²) in [5, 5.41) is 3.85. The summed E-state index contributed by atoms with van der Waals surface area (Å²) in [6, 6.07) is 8.77. The fourth-order valence-electron chi connectivity index (χ4n) is 3.39. The third kappa shape index (κ3) is 3.22. The maximum absolute atomic E-state index is 15.1. The number of thiophene rings is 2. The summed E-state index contributed by atoms with van der Waals surface area (Å²) in [5.41, 5.74) is 1.06. The number of carbonyl (C=O) groups excluding carboxylic acids is 1. The van der Waals surface area contributed by atoms with Crippen LogP contribution in [0.3, 0.4) is 0 Å². The van der Waals surface area contributed by atoms with E-state index in [0.29, 0.717) is 11.4 Å². The van der Waals surface area contributed by atoms with Crippen molar-refractivity contribution in [3.63, 3.8) is 0 Å². The quantitative estimate of drug-likeness (QED) is 0.298. The van der Waals surface area contributed by atoms with Gasteiger partial charge in [0.15, 0.2) is 0 Å². The molecule has 5 rings (SSSR count). The topological polar surface area (TPSA) is 84.9 Å². The molecule has 0 aliphatic carbocycles. The Balaban J connectivity index is 1.85. The largest absolute Gasteiger partial charge is 0.462 e. The molecule has 154 valence electrons. The summed E-state index contributed by atoms with van der Waals surface area (Å²) >= 11 is 3.02. The number of aromatic amines is 1. The summed E-state index contributed by atoms with van der Waals surface area (Å²) in [6.45, 7) is 1.76. The molecule has 4 heterocycles. The number of nitrogens with zero attached hydrogens (tertiary/aromatic N) is 2. The molecule has 0 unspecified atom stereocenters. The fraction of sp³-hybridized carbons (Fsp3) is 0.0909. The first kappa shape index (κ1) is 19.5. The third-order valence-electron chi connectivity index (χ3n) is 4.77. The van der Waals surface area contributed by atoms with Crippen LogP contribution in [-0.2, 0) is 4.74 Å². The van der Waals surface area contributed by atoms with Crippen LogP contribution in [0.25, 0.3) is 43.1 Å². The number of nitrogens with one attached hydrogen (secondary N) is 1. The molecular formula is C22H14FN3O3S2. The molecule has 31 heavy (non-hydrogen) atoms. The second kappa shape index (κ2) is 7.68. The Morgan fingerprint density at radius 1 is 1.16 bits per heavy atom. The van der Waals surface area contributed by atoms with E-state index < -0.39 is 17.2 Å². The molecule has 0 atom stereocenters. The van der Waals surface area contributed by atoms with Gasteiger partial charge in [-0.2, -0.15) is 0 Å². The van der Waals surface area contributed by atoms with Crippen LogP contribution in [0.4, 0.5) is 4.39 Å². The van der Waals surface area contributed by atoms with E-state index in [1.165, 1.54) is 28.9 Å². The van der Waals surface area contributed by atoms with Crippen molar-refractivity contribution in [2.75, 3.05) is 6.61 Å². The van der Waals surface area contributed by atoms with Gasteiger partial charge in [-0.25, -0.2) is 14.2 Å². The van der Waals surface area contributed by atoms with E-state index in [9.17, 15) is 9.59 Å². The fourth-order valence-corrected chi connectivity index (χ4v) is 4.83. The van der Waals surface area contributed by atoms with Gasteiger partial charge >= 0.3 is 5.97 Å². The van der Waals surface area contributed by atoms with E-state index in [1.807, 2.05) is 35.0 Å². The van der Waals surface area contributed by atoms with Gasteiger partial charge in [0.2, 0.25) is 5.43 Å². The number of pyridine rings is 1. The van der Waals surface area contributed by atoms with Crippen LogP contribution in [0.15, 0.2) is 52.1 Å². The van der Waals surface area contributed by atoms with Gasteiger partial charge in [-0.1, -0.05) is 12.1 Å². The zero-order valence-corrected chi connectivity index (χ0v) is 17.8. The highest BCUT2D eigenvalue weighted by Gasteiger charge is 2.21. The van der Waals surface area contributed by atoms with Crippen molar-refractivity contribution in [3.8, 4) is 21.1 Å². The Hall–Kier alpha value is -3.43. The molecule has 0 aliphatic rings. The number of hydrogen-bond acceptors (Lipinski definition) is 7. The second-order valence-corrected chi connectivity index (χ2v) is 8.51. The van der Waals surface area contributed by atoms with E-state index in [1.54, 1.807) is 6.92 Å². The number of esters is 1. The molecule has 0 saturated heterocycles. The summed E-state index contributed by atoms with van der Waals surface area (Å²) in [6.07, 6.45) is 1.17. The van der Waals surface area contributed by atoms with Crippen molar-refractivity contribution in [1.29, 1.82) is 0 Å². The smallest absolute Gasteiger partial charge is 0.343 e. The van der Waals surface area contributed by atoms with Gasteiger partial charge in [-0.3, -0.25) is 9.78 Å². The monoisotopic (exact) mass is 451 g/mol. The number of H-pyrrole nitrogens is 1. The molecular weight excluding hydrogens is 437 g/mol. The van der Waals surface area contributed by atoms with Crippen LogP contribution in [0, 0.1) is 5.82 Å². The molecule has 6 nitrogen and oxygen atoms in total. The van der Waals surface area contributed by atoms with E-state index in [4.69, 9.17) is 9.72 Å². The normalized spacial score (nSPS) is 11.3. The Bertz CT molecular complexity index is 1490. The predicted molar refractivity (Wildman–Crippen MR) is 120 cm³/mol. The van der Waals surface area contributed by atoms with E-state index in [-0.39, 0.29) is 34.1 Å². The van der Waals surface area contributed by atoms with E-state index in [0.717, 1.165) is 15.8 Å². The minimum Gasteiger partial charge on any atom is -0.462 e. The molecule has 0 saturated carbocycles. The lowest BCUT2D eigenvalue weighted by molar-refractivity contribution is 0.0524. The van der Waals surface area contributed by atoms with Gasteiger partial charge in [0.05, 0.1) is 27.4 Å². The number of carbonyl (C=O) groups is 1. The molecule has 9 heteroatoms. The van der Waals surface area contributed by atoms with Gasteiger partial charge in [0, 0.05) is 6.20 Å². The summed E-state index contributed by atoms with van der Waals surface area (Å²) in [7, 11) is 0. The van der Waals surface area contributed by atoms with Crippen molar-refractivity contribution in [1.82, 2.24) is 15.0 Å². The van der Waals surface area contributed by atoms with Crippen LogP contribution in [-0.4, -0.2) is 27.5 Å². The van der Waals surface area contributed by atoms with Crippen LogP contribution >= 0.6 is 22.7 Å². The highest BCUT2D eigenvalue weighted by molar-refractivity contribution is 7.14. The number of fused-ring (bicyclic) bond motifs is 3. The summed E-state index contributed by atoms with van der Waals surface area (Å²) in [4.78, 5) is 38.9. The number of rotatable bonds is 4.